The van der Waals surface area contributed by atoms with E-state index in [1.165, 1.54) is 24.3 Å². The van der Waals surface area contributed by atoms with Gasteiger partial charge in [-0.1, -0.05) is 47.5 Å². The van der Waals surface area contributed by atoms with Crippen LogP contribution in [0.5, 0.6) is 0 Å². The summed E-state index contributed by atoms with van der Waals surface area (Å²) in [5.74, 6) is -2.44. The number of carboxylic acid groups (broad SMARTS) is 1. The summed E-state index contributed by atoms with van der Waals surface area (Å²) in [6, 6.07) is 5.81. The van der Waals surface area contributed by atoms with Gasteiger partial charge in [-0.2, -0.15) is 0 Å². The highest BCUT2D eigenvalue weighted by molar-refractivity contribution is 6.57. The molecule has 4 nitrogen and oxygen atoms in total. The number of aliphatic carboxylic acids is 1. The Kier molecular flexibility index (Phi) is 5.10. The Balaban J connectivity index is 3.33. The lowest BCUT2D eigenvalue weighted by molar-refractivity contribution is -0.137. The van der Waals surface area contributed by atoms with Gasteiger partial charge < -0.3 is 9.40 Å². The molecule has 1 rings (SSSR count). The molecule has 0 amide bonds. The lowest BCUT2D eigenvalue weighted by Crippen LogP contribution is -2.26. The molecule has 0 fully saturated rings. The molecule has 1 atom stereocenters. The van der Waals surface area contributed by atoms with Crippen molar-refractivity contribution in [3.05, 3.63) is 35.4 Å². The van der Waals surface area contributed by atoms with Crippen LogP contribution in [0.1, 0.15) is 16.5 Å². The van der Waals surface area contributed by atoms with E-state index < -0.39 is 21.6 Å². The zero-order valence-electron chi connectivity index (χ0n) is 8.57. The molecule has 0 saturated heterocycles. The molecule has 0 aromatic heterocycles. The first-order valence-electron chi connectivity index (χ1n) is 4.49. The zero-order chi connectivity index (χ0) is 13.9. The van der Waals surface area contributed by atoms with Crippen LogP contribution in [-0.2, 0) is 18.2 Å². The van der Waals surface area contributed by atoms with Crippen molar-refractivity contribution in [2.24, 2.45) is 0 Å². The molecule has 0 aliphatic rings. The van der Waals surface area contributed by atoms with Crippen molar-refractivity contribution in [3.8, 4) is 0 Å². The minimum atomic E-state index is -2.14. The summed E-state index contributed by atoms with van der Waals surface area (Å²) in [4.78, 5) is 22.2. The van der Waals surface area contributed by atoms with E-state index in [4.69, 9.17) is 51.8 Å². The molecular weight excluding hydrogens is 326 g/mol. The Morgan fingerprint density at radius 3 is 2.33 bits per heavy atom. The SMILES string of the molecule is O=C(O)C(Cl)c1ccccc1C(Cl)(Cl)C(=O)OCl. The summed E-state index contributed by atoms with van der Waals surface area (Å²) < 4.78 is 1.81. The van der Waals surface area contributed by atoms with Crippen LogP contribution in [0.2, 0.25) is 0 Å². The van der Waals surface area contributed by atoms with Crippen LogP contribution in [0, 0.1) is 0 Å². The molecule has 0 aliphatic heterocycles. The van der Waals surface area contributed by atoms with Crippen molar-refractivity contribution in [1.82, 2.24) is 0 Å². The van der Waals surface area contributed by atoms with Gasteiger partial charge in [0.2, 0.25) is 4.33 Å². The Morgan fingerprint density at radius 1 is 1.28 bits per heavy atom. The van der Waals surface area contributed by atoms with Crippen LogP contribution < -0.4 is 0 Å². The molecule has 0 heterocycles. The van der Waals surface area contributed by atoms with Crippen molar-refractivity contribution in [3.63, 3.8) is 0 Å². The number of rotatable bonds is 4. The van der Waals surface area contributed by atoms with Gasteiger partial charge in [0.05, 0.1) is 0 Å². The van der Waals surface area contributed by atoms with Crippen LogP contribution in [0.4, 0.5) is 0 Å². The predicted molar refractivity (Wildman–Crippen MR) is 68.0 cm³/mol. The normalized spacial score (nSPS) is 12.9. The highest BCUT2D eigenvalue weighted by atomic mass is 35.5. The van der Waals surface area contributed by atoms with Gasteiger partial charge in [-0.25, -0.2) is 4.79 Å². The molecule has 0 saturated carbocycles. The van der Waals surface area contributed by atoms with E-state index in [2.05, 4.69) is 4.29 Å². The summed E-state index contributed by atoms with van der Waals surface area (Å²) >= 11 is 22.3. The standard InChI is InChI=1S/C10H6Cl4O4/c11-7(8(15)16)5-3-1-2-4-6(5)10(12,13)9(17)18-14/h1-4,7H,(H,15,16). The van der Waals surface area contributed by atoms with Gasteiger partial charge in [-0.05, 0) is 5.56 Å². The predicted octanol–water partition coefficient (Wildman–Crippen LogP) is 3.38. The third kappa shape index (κ3) is 3.01. The number of hydrogen-bond acceptors (Lipinski definition) is 3. The summed E-state index contributed by atoms with van der Waals surface area (Å²) in [6.45, 7) is 0. The van der Waals surface area contributed by atoms with Crippen molar-refractivity contribution in [1.29, 1.82) is 0 Å². The van der Waals surface area contributed by atoms with E-state index in [1.807, 2.05) is 0 Å². The van der Waals surface area contributed by atoms with Gasteiger partial charge in [0.15, 0.2) is 5.38 Å². The average molecular weight is 332 g/mol. The number of halogens is 4. The van der Waals surface area contributed by atoms with E-state index in [-0.39, 0.29) is 11.1 Å². The fraction of sp³-hybridized carbons (Fsp3) is 0.200. The third-order valence-electron chi connectivity index (χ3n) is 2.12. The molecule has 18 heavy (non-hydrogen) atoms. The van der Waals surface area contributed by atoms with Gasteiger partial charge in [0.1, 0.15) is 11.9 Å². The second-order valence-corrected chi connectivity index (χ2v) is 5.15. The molecule has 0 aliphatic carbocycles. The number of alkyl halides is 3. The van der Waals surface area contributed by atoms with Gasteiger partial charge in [-0.15, -0.1) is 11.6 Å². The molecule has 1 aromatic carbocycles. The fourth-order valence-corrected chi connectivity index (χ4v) is 2.10. The maximum atomic E-state index is 11.4. The summed E-state index contributed by atoms with van der Waals surface area (Å²) in [5, 5.41) is 7.46. The molecule has 0 bridgehead atoms. The van der Waals surface area contributed by atoms with Gasteiger partial charge in [0.25, 0.3) is 0 Å². The van der Waals surface area contributed by atoms with Crippen molar-refractivity contribution in [2.75, 3.05) is 0 Å². The lowest BCUT2D eigenvalue weighted by atomic mass is 10.0. The summed E-state index contributed by atoms with van der Waals surface area (Å²) in [5.41, 5.74) is 0.0834. The van der Waals surface area contributed by atoms with Crippen LogP contribution in [0.25, 0.3) is 0 Å². The van der Waals surface area contributed by atoms with Crippen molar-refractivity contribution >= 4 is 58.6 Å². The van der Waals surface area contributed by atoms with E-state index in [0.717, 1.165) is 0 Å². The highest BCUT2D eigenvalue weighted by Crippen LogP contribution is 2.40. The first-order valence-corrected chi connectivity index (χ1v) is 5.99. The average Bonchev–Trinajstić information content (AvgIpc) is 2.36. The van der Waals surface area contributed by atoms with E-state index in [9.17, 15) is 9.59 Å². The van der Waals surface area contributed by atoms with Gasteiger partial charge in [-0.3, -0.25) is 4.79 Å². The van der Waals surface area contributed by atoms with Gasteiger partial charge in [0, 0.05) is 5.56 Å². The van der Waals surface area contributed by atoms with E-state index in [0.29, 0.717) is 0 Å². The topological polar surface area (TPSA) is 63.6 Å². The van der Waals surface area contributed by atoms with Gasteiger partial charge >= 0.3 is 11.9 Å². The van der Waals surface area contributed by atoms with Crippen LogP contribution in [0.3, 0.4) is 0 Å². The van der Waals surface area contributed by atoms with Crippen LogP contribution >= 0.6 is 46.7 Å². The Bertz CT molecular complexity index is 475. The van der Waals surface area contributed by atoms with Crippen LogP contribution in [-0.4, -0.2) is 17.0 Å². The lowest BCUT2D eigenvalue weighted by Gasteiger charge is -2.20. The maximum Gasteiger partial charge on any atom is 0.365 e. The molecule has 1 aromatic rings. The number of benzene rings is 1. The van der Waals surface area contributed by atoms with Crippen LogP contribution in [0.15, 0.2) is 24.3 Å². The molecule has 98 valence electrons. The number of carbonyl (C=O) groups excluding carboxylic acids is 1. The first-order chi connectivity index (χ1) is 8.32. The number of hydrogen-bond donors (Lipinski definition) is 1. The molecular formula is C10H6Cl4O4. The largest absolute Gasteiger partial charge is 0.480 e. The number of carboxylic acids is 1. The third-order valence-corrected chi connectivity index (χ3v) is 3.39. The number of carbonyl (C=O) groups is 2. The Labute approximate surface area is 123 Å². The highest BCUT2D eigenvalue weighted by Gasteiger charge is 2.41. The molecule has 0 spiro atoms. The molecule has 1 N–H and O–H groups in total. The smallest absolute Gasteiger partial charge is 0.365 e. The second-order valence-electron chi connectivity index (χ2n) is 3.23. The Morgan fingerprint density at radius 2 is 1.83 bits per heavy atom. The van der Waals surface area contributed by atoms with Crippen molar-refractivity contribution < 1.29 is 19.0 Å². The quantitative estimate of drug-likeness (QED) is 0.859. The van der Waals surface area contributed by atoms with E-state index >= 15 is 0 Å². The summed E-state index contributed by atoms with van der Waals surface area (Å²) in [6.07, 6.45) is 0. The monoisotopic (exact) mass is 330 g/mol. The van der Waals surface area contributed by atoms with Crippen molar-refractivity contribution in [2.45, 2.75) is 9.71 Å². The zero-order valence-corrected chi connectivity index (χ0v) is 11.6. The fourth-order valence-electron chi connectivity index (χ4n) is 1.30. The molecule has 8 heteroatoms. The summed E-state index contributed by atoms with van der Waals surface area (Å²) in [7, 11) is 0. The first kappa shape index (κ1) is 15.4. The minimum Gasteiger partial charge on any atom is -0.480 e. The minimum absolute atomic E-state index is 0.00128. The Hall–Kier alpha value is -0.680. The molecule has 0 radical (unpaired) electrons. The second kappa shape index (κ2) is 5.97. The molecule has 1 unspecified atom stereocenters. The van der Waals surface area contributed by atoms with E-state index in [1.54, 1.807) is 0 Å². The maximum absolute atomic E-state index is 11.4.